The van der Waals surface area contributed by atoms with E-state index in [2.05, 4.69) is 14.6 Å². The Balaban J connectivity index is 0.00000441. The summed E-state index contributed by atoms with van der Waals surface area (Å²) in [6.45, 7) is 1.80. The summed E-state index contributed by atoms with van der Waals surface area (Å²) in [5, 5.41) is 9.14. The molecule has 2 fully saturated rings. The molecule has 2 aliphatic heterocycles. The van der Waals surface area contributed by atoms with Crippen LogP contribution in [0.4, 0.5) is 13.2 Å². The molecule has 0 saturated carbocycles. The van der Waals surface area contributed by atoms with Crippen LogP contribution in [0.3, 0.4) is 0 Å². The van der Waals surface area contributed by atoms with Crippen molar-refractivity contribution in [1.82, 2.24) is 19.7 Å². The molecule has 1 amide bonds. The lowest BCUT2D eigenvalue weighted by Gasteiger charge is -2.44. The maximum atomic E-state index is 13.9. The Hall–Kier alpha value is -2.65. The fourth-order valence-electron chi connectivity index (χ4n) is 5.07. The molecule has 4 rings (SSSR count). The van der Waals surface area contributed by atoms with Crippen molar-refractivity contribution in [3.63, 3.8) is 0 Å². The molecule has 3 heterocycles. The lowest BCUT2D eigenvalue weighted by atomic mass is 9.92. The third-order valence-electron chi connectivity index (χ3n) is 7.13. The van der Waals surface area contributed by atoms with Crippen LogP contribution in [-0.4, -0.2) is 77.1 Å². The molecule has 0 atom stereocenters. The van der Waals surface area contributed by atoms with Gasteiger partial charge in [0.05, 0.1) is 10.4 Å². The van der Waals surface area contributed by atoms with Gasteiger partial charge in [0.2, 0.25) is 15.9 Å². The summed E-state index contributed by atoms with van der Waals surface area (Å²) < 4.78 is 74.6. The normalized spacial score (nSPS) is 18.9. The van der Waals surface area contributed by atoms with Gasteiger partial charge in [0.15, 0.2) is 0 Å². The van der Waals surface area contributed by atoms with Gasteiger partial charge in [-0.25, -0.2) is 18.2 Å². The number of alkyl halides is 3. The number of amides is 1. The summed E-state index contributed by atoms with van der Waals surface area (Å²) >= 11 is 0. The van der Waals surface area contributed by atoms with Crippen LogP contribution < -0.4 is 15.0 Å². The summed E-state index contributed by atoms with van der Waals surface area (Å²) in [5.74, 6) is -0.769. The summed E-state index contributed by atoms with van der Waals surface area (Å²) in [6.07, 6.45) is -2.59. The van der Waals surface area contributed by atoms with Crippen LogP contribution >= 0.6 is 12.4 Å². The van der Waals surface area contributed by atoms with Crippen LogP contribution in [0.15, 0.2) is 48.7 Å². The second-order valence-electron chi connectivity index (χ2n) is 9.73. The van der Waals surface area contributed by atoms with Crippen LogP contribution in [0, 0.1) is 0 Å². The van der Waals surface area contributed by atoms with Gasteiger partial charge in [-0.2, -0.15) is 0 Å². The predicted molar refractivity (Wildman–Crippen MR) is 141 cm³/mol. The number of ether oxygens (including phenoxy) is 2. The van der Waals surface area contributed by atoms with Crippen molar-refractivity contribution in [2.45, 2.75) is 55.9 Å². The lowest BCUT2D eigenvalue weighted by Crippen LogP contribution is -2.57. The van der Waals surface area contributed by atoms with Gasteiger partial charge in [0, 0.05) is 45.3 Å². The number of nitrogens with zero attached hydrogens (tertiary/aromatic N) is 3. The molecule has 222 valence electrons. The zero-order valence-corrected chi connectivity index (χ0v) is 23.2. The molecule has 15 heteroatoms. The predicted octanol–water partition coefficient (Wildman–Crippen LogP) is 3.51. The van der Waals surface area contributed by atoms with Crippen LogP contribution in [0.2, 0.25) is 0 Å². The molecule has 0 aliphatic carbocycles. The van der Waals surface area contributed by atoms with Crippen molar-refractivity contribution in [1.29, 1.82) is 0 Å². The Morgan fingerprint density at radius 2 is 1.68 bits per heavy atom. The number of hydrogen-bond acceptors (Lipinski definition) is 8. The number of nitrogens with one attached hydrogen (secondary N) is 1. The zero-order chi connectivity index (χ0) is 28.1. The van der Waals surface area contributed by atoms with E-state index in [1.54, 1.807) is 11.7 Å². The number of halogens is 4. The topological polar surface area (TPSA) is 121 Å². The minimum Gasteiger partial charge on any atom is -0.490 e. The van der Waals surface area contributed by atoms with Crippen molar-refractivity contribution in [3.05, 3.63) is 54.4 Å². The minimum absolute atomic E-state index is 0. The van der Waals surface area contributed by atoms with Gasteiger partial charge in [-0.3, -0.25) is 19.9 Å². The number of piperidine rings is 2. The van der Waals surface area contributed by atoms with E-state index in [1.165, 1.54) is 16.4 Å². The van der Waals surface area contributed by atoms with Crippen LogP contribution in [0.1, 0.15) is 37.8 Å². The molecule has 1 aromatic carbocycles. The zero-order valence-electron chi connectivity index (χ0n) is 21.5. The highest BCUT2D eigenvalue weighted by molar-refractivity contribution is 7.90. The molecule has 0 radical (unpaired) electrons. The summed E-state index contributed by atoms with van der Waals surface area (Å²) in [4.78, 5) is 18.6. The maximum absolute atomic E-state index is 13.9. The first kappa shape index (κ1) is 31.9. The van der Waals surface area contributed by atoms with Gasteiger partial charge in [-0.05, 0) is 62.1 Å². The Morgan fingerprint density at radius 1 is 1.05 bits per heavy atom. The smallest absolute Gasteiger partial charge is 0.490 e. The van der Waals surface area contributed by atoms with Gasteiger partial charge < -0.3 is 9.47 Å². The van der Waals surface area contributed by atoms with Crippen molar-refractivity contribution in [3.8, 4) is 11.5 Å². The highest BCUT2D eigenvalue weighted by Gasteiger charge is 2.50. The van der Waals surface area contributed by atoms with E-state index in [1.807, 2.05) is 18.2 Å². The van der Waals surface area contributed by atoms with Gasteiger partial charge in [-0.1, -0.05) is 6.07 Å². The summed E-state index contributed by atoms with van der Waals surface area (Å²) in [6, 6.07) is 10.6. The molecule has 2 aliphatic rings. The monoisotopic (exact) mass is 608 g/mol. The Kier molecular flexibility index (Phi) is 10.6. The van der Waals surface area contributed by atoms with Gasteiger partial charge in [0.25, 0.3) is 0 Å². The van der Waals surface area contributed by atoms with E-state index in [0.29, 0.717) is 38.2 Å². The summed E-state index contributed by atoms with van der Waals surface area (Å²) in [7, 11) is -3.93. The Morgan fingerprint density at radius 3 is 2.23 bits per heavy atom. The van der Waals surface area contributed by atoms with Crippen LogP contribution in [0.25, 0.3) is 0 Å². The molecule has 0 bridgehead atoms. The van der Waals surface area contributed by atoms with Gasteiger partial charge >= 0.3 is 6.36 Å². The highest BCUT2D eigenvalue weighted by atomic mass is 35.5. The average Bonchev–Trinajstić information content (AvgIpc) is 2.91. The second-order valence-corrected chi connectivity index (χ2v) is 12.1. The molecule has 40 heavy (non-hydrogen) atoms. The number of pyridine rings is 1. The third kappa shape index (κ3) is 7.97. The van der Waals surface area contributed by atoms with Crippen LogP contribution in [-0.2, 0) is 21.4 Å². The number of sulfonamides is 1. The molecular formula is C25H32ClF3N4O6S. The number of carbonyl (C=O) groups excluding carboxylic acids is 1. The number of hydroxylamine groups is 1. The largest absolute Gasteiger partial charge is 0.573 e. The third-order valence-corrected chi connectivity index (χ3v) is 9.83. The van der Waals surface area contributed by atoms with Crippen molar-refractivity contribution in [2.75, 3.05) is 26.2 Å². The number of carbonyl (C=O) groups is 1. The molecule has 0 spiro atoms. The number of rotatable bonds is 9. The second kappa shape index (κ2) is 13.3. The van der Waals surface area contributed by atoms with E-state index >= 15 is 0 Å². The quantitative estimate of drug-likeness (QED) is 0.328. The standard InChI is InChI=1S/C25H31F3N4O6S.ClH/c26-25(27,28)38-22-6-4-20(5-7-22)37-21-8-13-32(14-9-21)39(35,36)24(17-23(33)30-34)10-15-31(16-11-24)18-19-3-1-2-12-29-19;/h1-7,12,21,34H,8-11,13-18H2,(H,30,33);1H. The minimum atomic E-state index is -4.79. The Bertz CT molecular complexity index is 1210. The molecule has 0 unspecified atom stereocenters. The number of aromatic nitrogens is 1. The van der Waals surface area contributed by atoms with E-state index in [-0.39, 0.29) is 56.6 Å². The number of benzene rings is 1. The first-order valence-corrected chi connectivity index (χ1v) is 14.0. The van der Waals surface area contributed by atoms with Gasteiger partial charge in [0.1, 0.15) is 17.6 Å². The maximum Gasteiger partial charge on any atom is 0.573 e. The number of likely N-dealkylation sites (tertiary alicyclic amines) is 1. The molecule has 2 aromatic rings. The van der Waals surface area contributed by atoms with E-state index in [4.69, 9.17) is 9.94 Å². The number of hydrogen-bond donors (Lipinski definition) is 2. The van der Waals surface area contributed by atoms with Gasteiger partial charge in [-0.15, -0.1) is 25.6 Å². The van der Waals surface area contributed by atoms with E-state index in [0.717, 1.165) is 17.8 Å². The SMILES string of the molecule is Cl.O=C(CC1(S(=O)(=O)N2CCC(Oc3ccc(OC(F)(F)F)cc3)CC2)CCN(Cc2ccccn2)CC1)NO. The first-order chi connectivity index (χ1) is 18.5. The highest BCUT2D eigenvalue weighted by Crippen LogP contribution is 2.38. The fourth-order valence-corrected chi connectivity index (χ4v) is 7.33. The van der Waals surface area contributed by atoms with Crippen molar-refractivity contribution in [2.24, 2.45) is 0 Å². The molecule has 1 aromatic heterocycles. The van der Waals surface area contributed by atoms with E-state index in [9.17, 15) is 26.4 Å². The van der Waals surface area contributed by atoms with Crippen molar-refractivity contribution >= 4 is 28.3 Å². The van der Waals surface area contributed by atoms with Crippen LogP contribution in [0.5, 0.6) is 11.5 Å². The molecule has 2 saturated heterocycles. The summed E-state index contributed by atoms with van der Waals surface area (Å²) in [5.41, 5.74) is 2.44. The van der Waals surface area contributed by atoms with Crippen molar-refractivity contribution < 1.29 is 41.1 Å². The average molecular weight is 609 g/mol. The molecule has 2 N–H and O–H groups in total. The Labute approximate surface area is 236 Å². The lowest BCUT2D eigenvalue weighted by molar-refractivity contribution is -0.274. The molecule has 10 nitrogen and oxygen atoms in total. The first-order valence-electron chi connectivity index (χ1n) is 12.6. The fraction of sp³-hybridized carbons (Fsp3) is 0.520. The van der Waals surface area contributed by atoms with E-state index < -0.39 is 27.0 Å². The molecular weight excluding hydrogens is 577 g/mol.